The molecular weight excluding hydrogens is 288 g/mol. The molecule has 0 aromatic rings. The zero-order valence-electron chi connectivity index (χ0n) is 9.59. The minimum atomic E-state index is -2.59. The van der Waals surface area contributed by atoms with Crippen molar-refractivity contribution in [3.8, 4) is 0 Å². The molecule has 0 spiro atoms. The molecule has 0 N–H and O–H groups in total. The van der Waals surface area contributed by atoms with Gasteiger partial charge >= 0.3 is 12.3 Å². The van der Waals surface area contributed by atoms with Crippen LogP contribution in [0.2, 0.25) is 0 Å². The molecule has 1 aliphatic heterocycles. The average molecular weight is 296 g/mol. The lowest BCUT2D eigenvalue weighted by molar-refractivity contribution is -0.776. The van der Waals surface area contributed by atoms with Crippen molar-refractivity contribution in [2.45, 2.75) is 24.5 Å². The third kappa shape index (κ3) is 3.09. The third-order valence-electron chi connectivity index (χ3n) is 2.48. The standard InChI is InChI=1S/C6H8N4O10/c11-7(12)5(8(13)14)3-4(20-2-1-19-3)6(9(15)16)10(17)18/h3-6H,1-2H2. The zero-order chi connectivity index (χ0) is 15.4. The quantitative estimate of drug-likeness (QED) is 0.317. The van der Waals surface area contributed by atoms with Gasteiger partial charge in [-0.1, -0.05) is 0 Å². The molecule has 0 aliphatic carbocycles. The molecule has 0 radical (unpaired) electrons. The van der Waals surface area contributed by atoms with Gasteiger partial charge in [-0.2, -0.15) is 0 Å². The first-order chi connectivity index (χ1) is 9.27. The highest BCUT2D eigenvalue weighted by Crippen LogP contribution is 2.21. The van der Waals surface area contributed by atoms with Gasteiger partial charge in [0, 0.05) is 0 Å². The molecule has 1 saturated heterocycles. The molecule has 112 valence electrons. The van der Waals surface area contributed by atoms with Gasteiger partial charge in [0.25, 0.3) is 0 Å². The molecule has 0 saturated carbocycles. The van der Waals surface area contributed by atoms with Gasteiger partial charge in [-0.25, -0.2) is 0 Å². The minimum Gasteiger partial charge on any atom is -0.359 e. The van der Waals surface area contributed by atoms with Gasteiger partial charge in [0.05, 0.1) is 32.9 Å². The van der Waals surface area contributed by atoms with Crippen LogP contribution in [0.15, 0.2) is 0 Å². The second-order valence-electron chi connectivity index (χ2n) is 3.64. The predicted octanol–water partition coefficient (Wildman–Crippen LogP) is -1.47. The summed E-state index contributed by atoms with van der Waals surface area (Å²) < 4.78 is 9.48. The Balaban J connectivity index is 3.13. The van der Waals surface area contributed by atoms with E-state index in [1.807, 2.05) is 0 Å². The molecule has 1 fully saturated rings. The van der Waals surface area contributed by atoms with Crippen LogP contribution in [0.5, 0.6) is 0 Å². The first kappa shape index (κ1) is 15.6. The topological polar surface area (TPSA) is 191 Å². The van der Waals surface area contributed by atoms with Crippen molar-refractivity contribution in [1.82, 2.24) is 0 Å². The number of hydrogen-bond donors (Lipinski definition) is 0. The van der Waals surface area contributed by atoms with Crippen LogP contribution in [0.25, 0.3) is 0 Å². The van der Waals surface area contributed by atoms with Gasteiger partial charge < -0.3 is 9.47 Å². The normalized spacial score (nSPS) is 22.7. The molecule has 0 amide bonds. The second-order valence-corrected chi connectivity index (χ2v) is 3.64. The van der Waals surface area contributed by atoms with E-state index in [0.717, 1.165) is 0 Å². The molecule has 1 rings (SSSR count). The van der Waals surface area contributed by atoms with E-state index >= 15 is 0 Å². The van der Waals surface area contributed by atoms with E-state index in [0.29, 0.717) is 0 Å². The highest BCUT2D eigenvalue weighted by molar-refractivity contribution is 4.79. The summed E-state index contributed by atoms with van der Waals surface area (Å²) in [7, 11) is 0. The largest absolute Gasteiger partial charge is 0.479 e. The van der Waals surface area contributed by atoms with Crippen molar-refractivity contribution < 1.29 is 29.2 Å². The summed E-state index contributed by atoms with van der Waals surface area (Å²) >= 11 is 0. The highest BCUT2D eigenvalue weighted by Gasteiger charge is 2.60. The van der Waals surface area contributed by atoms with E-state index in [2.05, 4.69) is 0 Å². The number of hydrogen-bond acceptors (Lipinski definition) is 10. The number of nitrogens with zero attached hydrogens (tertiary/aromatic N) is 4. The second kappa shape index (κ2) is 6.11. The molecule has 0 aromatic heterocycles. The lowest BCUT2D eigenvalue weighted by Gasteiger charge is -2.27. The third-order valence-corrected chi connectivity index (χ3v) is 2.48. The molecule has 0 bridgehead atoms. The summed E-state index contributed by atoms with van der Waals surface area (Å²) in [6.07, 6.45) is -9.26. The Labute approximate surface area is 108 Å². The first-order valence-corrected chi connectivity index (χ1v) is 5.04. The fraction of sp³-hybridized carbons (Fsp3) is 1.00. The van der Waals surface area contributed by atoms with Crippen molar-refractivity contribution in [2.24, 2.45) is 0 Å². The molecule has 2 atom stereocenters. The van der Waals surface area contributed by atoms with Crippen LogP contribution in [0.1, 0.15) is 0 Å². The maximum Gasteiger partial charge on any atom is 0.479 e. The number of ether oxygens (including phenoxy) is 2. The van der Waals surface area contributed by atoms with Crippen LogP contribution in [0.3, 0.4) is 0 Å². The lowest BCUT2D eigenvalue weighted by atomic mass is 10.1. The van der Waals surface area contributed by atoms with Crippen LogP contribution in [-0.4, -0.2) is 57.4 Å². The summed E-state index contributed by atoms with van der Waals surface area (Å²) in [6.45, 7) is -0.608. The Hall–Kier alpha value is -2.48. The van der Waals surface area contributed by atoms with Gasteiger partial charge in [0.1, 0.15) is 0 Å². The molecule has 1 heterocycles. The maximum atomic E-state index is 10.6. The van der Waals surface area contributed by atoms with E-state index in [9.17, 15) is 40.5 Å². The molecule has 14 nitrogen and oxygen atoms in total. The molecule has 1 aliphatic rings. The average Bonchev–Trinajstić information content (AvgIpc) is 2.29. The van der Waals surface area contributed by atoms with Crippen molar-refractivity contribution in [3.05, 3.63) is 40.5 Å². The summed E-state index contributed by atoms with van der Waals surface area (Å²) in [6, 6.07) is 0. The smallest absolute Gasteiger partial charge is 0.359 e. The van der Waals surface area contributed by atoms with Crippen LogP contribution in [-0.2, 0) is 9.47 Å². The van der Waals surface area contributed by atoms with Gasteiger partial charge in [-0.05, 0) is 0 Å². The molecule has 2 unspecified atom stereocenters. The van der Waals surface area contributed by atoms with Crippen LogP contribution in [0.4, 0.5) is 0 Å². The predicted molar refractivity (Wildman–Crippen MR) is 55.0 cm³/mol. The molecule has 14 heteroatoms. The van der Waals surface area contributed by atoms with Crippen LogP contribution < -0.4 is 0 Å². The van der Waals surface area contributed by atoms with E-state index in [4.69, 9.17) is 9.47 Å². The fourth-order valence-electron chi connectivity index (χ4n) is 1.70. The Morgan fingerprint density at radius 1 is 0.700 bits per heavy atom. The Morgan fingerprint density at radius 3 is 1.15 bits per heavy atom. The van der Waals surface area contributed by atoms with Gasteiger partial charge in [0.15, 0.2) is 0 Å². The van der Waals surface area contributed by atoms with Crippen LogP contribution >= 0.6 is 0 Å². The SMILES string of the molecule is O=[N+]([O-])C(C1OCCOC1C([N+](=O)[O-])[N+](=O)[O-])[N+](=O)[O-]. The first-order valence-electron chi connectivity index (χ1n) is 5.04. The highest BCUT2D eigenvalue weighted by atomic mass is 16.7. The van der Waals surface area contributed by atoms with E-state index in [1.54, 1.807) is 0 Å². The van der Waals surface area contributed by atoms with E-state index in [-0.39, 0.29) is 13.2 Å². The summed E-state index contributed by atoms with van der Waals surface area (Å²) in [5.74, 6) is 0. The van der Waals surface area contributed by atoms with Crippen molar-refractivity contribution in [2.75, 3.05) is 13.2 Å². The fourth-order valence-corrected chi connectivity index (χ4v) is 1.70. The number of rotatable bonds is 6. The minimum absolute atomic E-state index is 0.304. The Morgan fingerprint density at radius 2 is 0.950 bits per heavy atom. The Bertz CT molecular complexity index is 371. The van der Waals surface area contributed by atoms with Crippen LogP contribution in [0, 0.1) is 40.5 Å². The number of nitro groups is 4. The van der Waals surface area contributed by atoms with E-state index in [1.165, 1.54) is 0 Å². The Kier molecular flexibility index (Phi) is 4.76. The van der Waals surface area contributed by atoms with Gasteiger partial charge in [0.2, 0.25) is 12.2 Å². The molecular formula is C6H8N4O10. The molecule has 0 aromatic carbocycles. The monoisotopic (exact) mass is 296 g/mol. The summed E-state index contributed by atoms with van der Waals surface area (Å²) in [5.41, 5.74) is 0. The summed E-state index contributed by atoms with van der Waals surface area (Å²) in [4.78, 5) is 37.2. The van der Waals surface area contributed by atoms with Gasteiger partial charge in [-0.3, -0.25) is 40.5 Å². The summed E-state index contributed by atoms with van der Waals surface area (Å²) in [5, 5.41) is 42.5. The lowest BCUT2D eigenvalue weighted by Crippen LogP contribution is -2.59. The van der Waals surface area contributed by atoms with Crippen molar-refractivity contribution in [3.63, 3.8) is 0 Å². The van der Waals surface area contributed by atoms with Gasteiger partial charge in [-0.15, -0.1) is 0 Å². The zero-order valence-corrected chi connectivity index (χ0v) is 9.59. The maximum absolute atomic E-state index is 10.6. The van der Waals surface area contributed by atoms with E-state index < -0.39 is 44.2 Å². The van der Waals surface area contributed by atoms with Crippen molar-refractivity contribution in [1.29, 1.82) is 0 Å². The van der Waals surface area contributed by atoms with Crippen molar-refractivity contribution >= 4 is 0 Å². The molecule has 20 heavy (non-hydrogen) atoms.